The summed E-state index contributed by atoms with van der Waals surface area (Å²) in [5.41, 5.74) is 3.55. The molecule has 19 nitrogen and oxygen atoms in total. The molecule has 2 aromatic carbocycles. The number of piperazine rings is 1. The summed E-state index contributed by atoms with van der Waals surface area (Å²) in [6.45, 7) is 10.2. The highest BCUT2D eigenvalue weighted by Crippen LogP contribution is 2.34. The molecule has 0 amide bonds. The second-order valence-electron chi connectivity index (χ2n) is 16.2. The van der Waals surface area contributed by atoms with Crippen LogP contribution in [-0.2, 0) is 38.3 Å². The van der Waals surface area contributed by atoms with E-state index in [4.69, 9.17) is 14.8 Å². The van der Waals surface area contributed by atoms with E-state index in [1.54, 1.807) is 25.2 Å². The number of H-pyrrole nitrogens is 1. The number of hydrogen-bond acceptors (Lipinski definition) is 14. The van der Waals surface area contributed by atoms with E-state index in [2.05, 4.69) is 25.0 Å². The number of nitrogens with one attached hydrogen (secondary N) is 1. The molecule has 358 valence electrons. The number of likely N-dealkylation sites (N-methyl/N-ethyl adjacent to an activating group) is 1. The molecule has 1 aliphatic rings. The number of halogens is 1. The lowest BCUT2D eigenvalue weighted by Gasteiger charge is -2.31. The van der Waals surface area contributed by atoms with Crippen molar-refractivity contribution in [2.24, 2.45) is 7.05 Å². The number of aromatic nitrogens is 6. The first-order valence-electron chi connectivity index (χ1n) is 21.3. The molecule has 4 N–H and O–H groups in total. The number of aryl methyl sites for hydroxylation is 2. The summed E-state index contributed by atoms with van der Waals surface area (Å²) < 4.78 is 74.0. The van der Waals surface area contributed by atoms with Crippen molar-refractivity contribution in [2.45, 2.75) is 76.4 Å². The molecule has 22 heteroatoms. The van der Waals surface area contributed by atoms with Gasteiger partial charge in [0, 0.05) is 57.8 Å². The zero-order valence-electron chi connectivity index (χ0n) is 38.3. The number of carboxylic acids is 1. The monoisotopic (exact) mass is 955 g/mol. The van der Waals surface area contributed by atoms with Crippen LogP contribution in [0.3, 0.4) is 0 Å². The van der Waals surface area contributed by atoms with Crippen molar-refractivity contribution in [3.63, 3.8) is 0 Å². The predicted molar refractivity (Wildman–Crippen MR) is 249 cm³/mol. The third-order valence-corrected chi connectivity index (χ3v) is 13.7. The van der Waals surface area contributed by atoms with Gasteiger partial charge in [0.25, 0.3) is 5.56 Å². The maximum Gasteiger partial charge on any atom is 0.305 e. The van der Waals surface area contributed by atoms with Crippen molar-refractivity contribution in [1.82, 2.24) is 38.9 Å². The van der Waals surface area contributed by atoms with Gasteiger partial charge in [-0.2, -0.15) is 9.40 Å². The number of carbonyl (C=O) groups is 1. The van der Waals surface area contributed by atoms with E-state index in [-0.39, 0.29) is 34.6 Å². The normalized spacial score (nSPS) is 14.9. The number of aliphatic hydroxyl groups excluding tert-OH is 2. The summed E-state index contributed by atoms with van der Waals surface area (Å²) in [4.78, 5) is 42.2. The molecular weight excluding hydrogens is 898 g/mol. The first-order chi connectivity index (χ1) is 31.0. The summed E-state index contributed by atoms with van der Waals surface area (Å²) in [6, 6.07) is 10.2. The zero-order chi connectivity index (χ0) is 48.7. The number of sulfonamides is 2. The average molecular weight is 956 g/mol. The number of aliphatic hydroxyl groups is 2. The fraction of sp³-hybridized carbons (Fsp3) is 0.455. The minimum absolute atomic E-state index is 0.0601. The van der Waals surface area contributed by atoms with Gasteiger partial charge in [-0.3, -0.25) is 14.3 Å². The molecule has 66 heavy (non-hydrogen) atoms. The lowest BCUT2D eigenvalue weighted by Crippen LogP contribution is -2.47. The molecule has 0 unspecified atom stereocenters. The summed E-state index contributed by atoms with van der Waals surface area (Å²) >= 11 is 0. The highest BCUT2D eigenvalue weighted by Gasteiger charge is 2.29. The molecule has 2 atom stereocenters. The molecule has 0 aliphatic carbocycles. The van der Waals surface area contributed by atoms with Gasteiger partial charge in [-0.1, -0.05) is 39.3 Å². The van der Waals surface area contributed by atoms with Crippen LogP contribution in [0.1, 0.15) is 69.8 Å². The fourth-order valence-corrected chi connectivity index (χ4v) is 8.97. The number of anilines is 1. The quantitative estimate of drug-likeness (QED) is 0.103. The number of carboxylic acid groups (broad SMARTS) is 1. The number of nitrogens with zero attached hydrogens (tertiary/aromatic N) is 8. The van der Waals surface area contributed by atoms with E-state index in [0.29, 0.717) is 84.1 Å². The van der Waals surface area contributed by atoms with Gasteiger partial charge in [-0.05, 0) is 68.8 Å². The Balaban J connectivity index is 0.000000247. The van der Waals surface area contributed by atoms with Crippen LogP contribution in [0.4, 0.5) is 10.3 Å². The smallest absolute Gasteiger partial charge is 0.305 e. The van der Waals surface area contributed by atoms with Gasteiger partial charge in [0.15, 0.2) is 5.52 Å². The van der Waals surface area contributed by atoms with E-state index < -0.39 is 50.5 Å². The van der Waals surface area contributed by atoms with E-state index in [9.17, 15) is 41.0 Å². The average Bonchev–Trinajstić information content (AvgIpc) is 3.57. The van der Waals surface area contributed by atoms with Crippen LogP contribution in [-0.4, -0.2) is 142 Å². The van der Waals surface area contributed by atoms with Gasteiger partial charge in [0.2, 0.25) is 26.0 Å². The third kappa shape index (κ3) is 12.4. The minimum Gasteiger partial charge on any atom is -0.493 e. The third-order valence-electron chi connectivity index (χ3n) is 10.7. The number of aromatic amines is 1. The molecule has 5 aromatic rings. The molecule has 1 saturated heterocycles. The second kappa shape index (κ2) is 21.8. The van der Waals surface area contributed by atoms with Crippen LogP contribution in [0.5, 0.6) is 5.75 Å². The lowest BCUT2D eigenvalue weighted by atomic mass is 9.97. The Bertz CT molecular complexity index is 2830. The predicted octanol–water partition coefficient (Wildman–Crippen LogP) is 4.01. The molecule has 1 fully saturated rings. The zero-order valence-corrected chi connectivity index (χ0v) is 39.9. The second-order valence-corrected chi connectivity index (χ2v) is 20.2. The van der Waals surface area contributed by atoms with Crippen LogP contribution in [0.15, 0.2) is 58.2 Å². The fourth-order valence-electron chi connectivity index (χ4n) is 7.14. The standard InChI is InChI=1S/C22H28FN3O6S.C22H30N6O4S/c1-13(2)20-18(10-9-16(27)11-17(28)12-19(29)30)21(14-5-7-15(23)8-6-14)25-22(24-20)26(3)33(4,31)32;1-5-7-17-19-20(27(4)25-17)22(29)24-21(23-19)16-14-15(8-9-18(16)32-6-2)33(30,31)28-12-10-26(3)11-13-28/h5-10,13,16-17,27-28H,11-12H2,1-4H3,(H,29,30);8-9,14H,5-7,10-13H2,1-4H3,(H,23,24,29)/b10-9+;/t16-,17-;/m1./s1. The highest BCUT2D eigenvalue weighted by atomic mass is 32.2. The highest BCUT2D eigenvalue weighted by molar-refractivity contribution is 7.92. The van der Waals surface area contributed by atoms with Crippen LogP contribution in [0.25, 0.3) is 39.8 Å². The number of fused-ring (bicyclic) bond motifs is 1. The number of benzene rings is 2. The Morgan fingerprint density at radius 3 is 2.26 bits per heavy atom. The molecule has 0 spiro atoms. The molecule has 4 heterocycles. The molecule has 0 bridgehead atoms. The van der Waals surface area contributed by atoms with E-state index in [0.717, 1.165) is 22.7 Å². The molecule has 1 aliphatic heterocycles. The summed E-state index contributed by atoms with van der Waals surface area (Å²) in [7, 11) is -2.33. The Labute approximate surface area is 383 Å². The van der Waals surface area contributed by atoms with E-state index in [1.165, 1.54) is 52.5 Å². The van der Waals surface area contributed by atoms with Crippen LogP contribution in [0.2, 0.25) is 0 Å². The SMILES string of the molecule is CC(C)c1nc(N(C)S(C)(=O)=O)nc(-c2ccc(F)cc2)c1/C=C/[C@@H](O)C[C@@H](O)CC(=O)O.CCCc1nn(C)c2c(=O)[nH]c(-c3cc(S(=O)(=O)N4CCN(C)CC4)ccc3OCC)nc12. The summed E-state index contributed by atoms with van der Waals surface area (Å²) in [5.74, 6) is -1.15. The first-order valence-corrected chi connectivity index (χ1v) is 24.6. The first kappa shape index (κ1) is 51.3. The topological polar surface area (TPSA) is 254 Å². The van der Waals surface area contributed by atoms with E-state index >= 15 is 0 Å². The number of aliphatic carboxylic acids is 1. The van der Waals surface area contributed by atoms with Crippen LogP contribution < -0.4 is 14.6 Å². The van der Waals surface area contributed by atoms with Crippen molar-refractivity contribution in [1.29, 1.82) is 0 Å². The van der Waals surface area contributed by atoms with Crippen molar-refractivity contribution in [2.75, 3.05) is 57.4 Å². The lowest BCUT2D eigenvalue weighted by molar-refractivity contribution is -0.139. The Morgan fingerprint density at radius 1 is 1.00 bits per heavy atom. The number of hydrogen-bond donors (Lipinski definition) is 4. The summed E-state index contributed by atoms with van der Waals surface area (Å²) in [6.07, 6.45) is 2.40. The molecular formula is C44H58FN9O10S2. The van der Waals surface area contributed by atoms with E-state index in [1.807, 2.05) is 34.7 Å². The Morgan fingerprint density at radius 2 is 1.67 bits per heavy atom. The maximum absolute atomic E-state index is 13.5. The molecule has 0 saturated carbocycles. The molecule has 3 aromatic heterocycles. The van der Waals surface area contributed by atoms with Crippen LogP contribution in [0, 0.1) is 5.82 Å². The van der Waals surface area contributed by atoms with Gasteiger partial charge in [0.05, 0.1) is 59.0 Å². The van der Waals surface area contributed by atoms with Crippen molar-refractivity contribution >= 4 is 49.1 Å². The van der Waals surface area contributed by atoms with Crippen molar-refractivity contribution in [3.8, 4) is 28.4 Å². The largest absolute Gasteiger partial charge is 0.493 e. The van der Waals surface area contributed by atoms with Gasteiger partial charge in [-0.25, -0.2) is 40.5 Å². The van der Waals surface area contributed by atoms with Gasteiger partial charge >= 0.3 is 5.97 Å². The maximum atomic E-state index is 13.5. The molecule has 6 rings (SSSR count). The summed E-state index contributed by atoms with van der Waals surface area (Å²) in [5, 5.41) is 33.2. The number of ether oxygens (including phenoxy) is 1. The van der Waals surface area contributed by atoms with Gasteiger partial charge in [-0.15, -0.1) is 0 Å². The minimum atomic E-state index is -3.70. The van der Waals surface area contributed by atoms with Gasteiger partial charge < -0.3 is 29.9 Å². The molecule has 0 radical (unpaired) electrons. The Kier molecular flexibility index (Phi) is 16.9. The van der Waals surface area contributed by atoms with Crippen molar-refractivity contribution in [3.05, 3.63) is 81.7 Å². The van der Waals surface area contributed by atoms with Gasteiger partial charge in [0.1, 0.15) is 22.9 Å². The Hall–Kier alpha value is -5.65. The van der Waals surface area contributed by atoms with Crippen molar-refractivity contribution < 1.29 is 46.1 Å². The van der Waals surface area contributed by atoms with Crippen LogP contribution >= 0.6 is 0 Å². The number of rotatable bonds is 17.